The van der Waals surface area contributed by atoms with Gasteiger partial charge in [-0.15, -0.1) is 0 Å². The van der Waals surface area contributed by atoms with Gasteiger partial charge in [-0.1, -0.05) is 0 Å². The molecule has 4 nitrogen and oxygen atoms in total. The molecule has 1 aromatic carbocycles. The maximum Gasteiger partial charge on any atom is 0.261 e. The monoisotopic (exact) mass is 297 g/mol. The van der Waals surface area contributed by atoms with Gasteiger partial charge in [-0.3, -0.25) is 4.79 Å². The number of rotatable bonds is 2. The van der Waals surface area contributed by atoms with Gasteiger partial charge in [0.15, 0.2) is 0 Å². The lowest BCUT2D eigenvalue weighted by atomic mass is 9.96. The average Bonchev–Trinajstić information content (AvgIpc) is 2.86. The first kappa shape index (κ1) is 13.9. The molecule has 2 aromatic rings. The summed E-state index contributed by atoms with van der Waals surface area (Å²) in [5, 5.41) is 5.45. The Morgan fingerprint density at radius 3 is 2.95 bits per heavy atom. The predicted octanol–water partition coefficient (Wildman–Crippen LogP) is 2.49. The normalized spacial score (nSPS) is 21.4. The number of hydrogen-bond donors (Lipinski definition) is 3. The molecule has 1 fully saturated rings. The summed E-state index contributed by atoms with van der Waals surface area (Å²) in [5.74, 6) is -4.74. The Hall–Kier alpha value is -2.02. The van der Waals surface area contributed by atoms with E-state index >= 15 is 0 Å². The van der Waals surface area contributed by atoms with Crippen LogP contribution in [0.5, 0.6) is 0 Å². The number of aromatic nitrogens is 1. The first-order chi connectivity index (χ1) is 9.94. The maximum absolute atomic E-state index is 13.8. The molecule has 0 radical (unpaired) electrons. The highest BCUT2D eigenvalue weighted by Crippen LogP contribution is 2.28. The first-order valence-corrected chi connectivity index (χ1v) is 6.61. The molecule has 21 heavy (non-hydrogen) atoms. The van der Waals surface area contributed by atoms with Crippen molar-refractivity contribution in [3.63, 3.8) is 0 Å². The molecule has 1 saturated heterocycles. The Labute approximate surface area is 118 Å². The lowest BCUT2D eigenvalue weighted by Crippen LogP contribution is -2.47. The largest absolute Gasteiger partial charge is 0.361 e. The second-order valence-corrected chi connectivity index (χ2v) is 5.27. The van der Waals surface area contributed by atoms with E-state index in [9.17, 15) is 18.0 Å². The van der Waals surface area contributed by atoms with E-state index < -0.39 is 36.5 Å². The molecule has 1 aromatic heterocycles. The van der Waals surface area contributed by atoms with Crippen LogP contribution in [0.25, 0.3) is 10.9 Å². The van der Waals surface area contributed by atoms with Gasteiger partial charge in [-0.05, 0) is 18.2 Å². The van der Waals surface area contributed by atoms with E-state index in [4.69, 9.17) is 0 Å². The van der Waals surface area contributed by atoms with Crippen molar-refractivity contribution in [1.29, 1.82) is 0 Å². The van der Waals surface area contributed by atoms with Crippen molar-refractivity contribution in [3.05, 3.63) is 30.2 Å². The lowest BCUT2D eigenvalue weighted by Gasteiger charge is -2.28. The fourth-order valence-corrected chi connectivity index (χ4v) is 2.56. The van der Waals surface area contributed by atoms with Crippen molar-refractivity contribution in [2.24, 2.45) is 5.92 Å². The quantitative estimate of drug-likeness (QED) is 0.797. The van der Waals surface area contributed by atoms with Crippen molar-refractivity contribution < 1.29 is 18.0 Å². The number of halogens is 3. The zero-order chi connectivity index (χ0) is 15.0. The number of H-pyrrole nitrogens is 1. The summed E-state index contributed by atoms with van der Waals surface area (Å²) >= 11 is 0. The summed E-state index contributed by atoms with van der Waals surface area (Å²) in [6.07, 6.45) is 1.09. The van der Waals surface area contributed by atoms with Crippen LogP contribution in [0.4, 0.5) is 18.9 Å². The van der Waals surface area contributed by atoms with Gasteiger partial charge in [0.1, 0.15) is 5.82 Å². The number of carbonyl (C=O) groups is 1. The van der Waals surface area contributed by atoms with Crippen molar-refractivity contribution in [3.8, 4) is 0 Å². The fraction of sp³-hybridized carbons (Fsp3) is 0.357. The highest BCUT2D eigenvalue weighted by atomic mass is 19.3. The van der Waals surface area contributed by atoms with E-state index in [0.29, 0.717) is 10.9 Å². The maximum atomic E-state index is 13.8. The van der Waals surface area contributed by atoms with Gasteiger partial charge in [-0.25, -0.2) is 13.2 Å². The van der Waals surface area contributed by atoms with Crippen LogP contribution in [0.2, 0.25) is 0 Å². The van der Waals surface area contributed by atoms with E-state index in [0.717, 1.165) is 0 Å². The number of alkyl halides is 2. The topological polar surface area (TPSA) is 56.9 Å². The lowest BCUT2D eigenvalue weighted by molar-refractivity contribution is -0.125. The molecular formula is C14H14F3N3O. The van der Waals surface area contributed by atoms with Crippen molar-refractivity contribution in [2.45, 2.75) is 12.3 Å². The number of carbonyl (C=O) groups excluding carboxylic acids is 1. The summed E-state index contributed by atoms with van der Waals surface area (Å²) in [5.41, 5.74) is 0.790. The molecule has 1 atom stereocenters. The Morgan fingerprint density at radius 2 is 2.19 bits per heavy atom. The number of fused-ring (bicyclic) bond motifs is 1. The van der Waals surface area contributed by atoms with Crippen LogP contribution < -0.4 is 10.6 Å². The van der Waals surface area contributed by atoms with Gasteiger partial charge in [0, 0.05) is 30.2 Å². The predicted molar refractivity (Wildman–Crippen MR) is 72.8 cm³/mol. The second-order valence-electron chi connectivity index (χ2n) is 5.27. The van der Waals surface area contributed by atoms with Gasteiger partial charge in [0.2, 0.25) is 5.91 Å². The van der Waals surface area contributed by atoms with Crippen LogP contribution >= 0.6 is 0 Å². The molecule has 3 rings (SSSR count). The van der Waals surface area contributed by atoms with E-state index in [1.807, 2.05) is 0 Å². The Morgan fingerprint density at radius 1 is 1.38 bits per heavy atom. The summed E-state index contributed by atoms with van der Waals surface area (Å²) in [6, 6.07) is 4.34. The van der Waals surface area contributed by atoms with Gasteiger partial charge in [0.05, 0.1) is 18.0 Å². The molecule has 1 amide bonds. The fourth-order valence-electron chi connectivity index (χ4n) is 2.56. The van der Waals surface area contributed by atoms with Crippen LogP contribution in [0.1, 0.15) is 6.42 Å². The van der Waals surface area contributed by atoms with E-state index in [1.165, 1.54) is 6.07 Å². The van der Waals surface area contributed by atoms with E-state index in [2.05, 4.69) is 15.6 Å². The molecule has 0 spiro atoms. The van der Waals surface area contributed by atoms with Crippen LogP contribution in [-0.4, -0.2) is 29.9 Å². The SMILES string of the molecule is O=C(Nc1cc(F)c2cc[nH]c2c1)C1CNCC(F)(F)C1. The molecule has 1 aliphatic heterocycles. The molecule has 0 aliphatic carbocycles. The number of piperidine rings is 1. The third-order valence-electron chi connectivity index (χ3n) is 3.58. The third kappa shape index (κ3) is 2.87. The van der Waals surface area contributed by atoms with Crippen LogP contribution in [0.3, 0.4) is 0 Å². The standard InChI is InChI=1S/C14H14F3N3O/c15-11-3-9(4-12-10(11)1-2-19-12)20-13(21)8-5-14(16,17)7-18-6-8/h1-4,8,18-19H,5-7H2,(H,20,21). The number of anilines is 1. The minimum Gasteiger partial charge on any atom is -0.361 e. The van der Waals surface area contributed by atoms with Crippen molar-refractivity contribution in [1.82, 2.24) is 10.3 Å². The minimum absolute atomic E-state index is 0.189. The molecule has 1 aliphatic rings. The summed E-state index contributed by atoms with van der Waals surface area (Å²) in [4.78, 5) is 14.9. The zero-order valence-electron chi connectivity index (χ0n) is 11.1. The van der Waals surface area contributed by atoms with Gasteiger partial charge in [-0.2, -0.15) is 0 Å². The summed E-state index contributed by atoms with van der Waals surface area (Å²) in [6.45, 7) is -0.228. The Kier molecular flexibility index (Phi) is 3.36. The second kappa shape index (κ2) is 5.07. The highest BCUT2D eigenvalue weighted by Gasteiger charge is 2.39. The van der Waals surface area contributed by atoms with Crippen molar-refractivity contribution >= 4 is 22.5 Å². The average molecular weight is 297 g/mol. The zero-order valence-corrected chi connectivity index (χ0v) is 11.1. The molecule has 1 unspecified atom stereocenters. The van der Waals surface area contributed by atoms with Crippen LogP contribution in [-0.2, 0) is 4.79 Å². The first-order valence-electron chi connectivity index (χ1n) is 6.61. The van der Waals surface area contributed by atoms with Crippen LogP contribution in [0, 0.1) is 11.7 Å². The molecular weight excluding hydrogens is 283 g/mol. The molecule has 112 valence electrons. The minimum atomic E-state index is -2.89. The molecule has 0 saturated carbocycles. The molecule has 0 bridgehead atoms. The van der Waals surface area contributed by atoms with Crippen molar-refractivity contribution in [2.75, 3.05) is 18.4 Å². The molecule has 2 heterocycles. The molecule has 3 N–H and O–H groups in total. The van der Waals surface area contributed by atoms with Gasteiger partial charge in [0.25, 0.3) is 5.92 Å². The van der Waals surface area contributed by atoms with E-state index in [1.54, 1.807) is 18.3 Å². The highest BCUT2D eigenvalue weighted by molar-refractivity contribution is 5.95. The Balaban J connectivity index is 1.76. The number of aromatic amines is 1. The van der Waals surface area contributed by atoms with E-state index in [-0.39, 0.29) is 12.2 Å². The summed E-state index contributed by atoms with van der Waals surface area (Å²) in [7, 11) is 0. The third-order valence-corrected chi connectivity index (χ3v) is 3.58. The number of benzene rings is 1. The van der Waals surface area contributed by atoms with Gasteiger partial charge < -0.3 is 15.6 Å². The number of nitrogens with one attached hydrogen (secondary N) is 3. The Bertz CT molecular complexity index is 683. The smallest absolute Gasteiger partial charge is 0.261 e. The number of amides is 1. The molecule has 7 heteroatoms. The van der Waals surface area contributed by atoms with Crippen LogP contribution in [0.15, 0.2) is 24.4 Å². The summed E-state index contributed by atoms with van der Waals surface area (Å²) < 4.78 is 40.3. The number of hydrogen-bond acceptors (Lipinski definition) is 2. The van der Waals surface area contributed by atoms with Gasteiger partial charge >= 0.3 is 0 Å².